The maximum Gasteiger partial charge on any atom is 0.265 e. The minimum absolute atomic E-state index is 0.0818. The summed E-state index contributed by atoms with van der Waals surface area (Å²) in [5, 5.41) is 0. The maximum atomic E-state index is 12.2. The van der Waals surface area contributed by atoms with Gasteiger partial charge in [-0.3, -0.25) is 10.2 Å². The molecule has 0 aromatic heterocycles. The number of benzene rings is 1. The first-order valence-corrected chi connectivity index (χ1v) is 7.89. The van der Waals surface area contributed by atoms with Crippen molar-refractivity contribution in [3.8, 4) is 0 Å². The van der Waals surface area contributed by atoms with E-state index in [1.54, 1.807) is 0 Å². The van der Waals surface area contributed by atoms with Crippen LogP contribution in [0.5, 0.6) is 0 Å². The number of hydrogen-bond donors (Lipinski definition) is 2. The molecular weight excluding hydrogens is 260 g/mol. The molecule has 0 heterocycles. The van der Waals surface area contributed by atoms with E-state index < -0.39 is 0 Å². The molecule has 1 aromatic carbocycles. The first-order valence-electron chi connectivity index (χ1n) is 7.89. The van der Waals surface area contributed by atoms with Gasteiger partial charge in [-0.05, 0) is 44.2 Å². The Kier molecular flexibility index (Phi) is 5.57. The highest BCUT2D eigenvalue weighted by atomic mass is 16.2. The van der Waals surface area contributed by atoms with Crippen molar-refractivity contribution >= 4 is 5.91 Å². The Morgan fingerprint density at radius 1 is 1.29 bits per heavy atom. The quantitative estimate of drug-likeness (QED) is 0.616. The summed E-state index contributed by atoms with van der Waals surface area (Å²) in [6.07, 6.45) is 9.13. The second-order valence-corrected chi connectivity index (χ2v) is 6.19. The second kappa shape index (κ2) is 7.41. The lowest BCUT2D eigenvalue weighted by atomic mass is 9.74. The Balaban J connectivity index is 1.99. The second-order valence-electron chi connectivity index (χ2n) is 6.19. The molecule has 3 nitrogen and oxygen atoms in total. The molecule has 1 aromatic rings. The number of hydrazine groups is 1. The van der Waals surface area contributed by atoms with E-state index in [4.69, 9.17) is 0 Å². The van der Waals surface area contributed by atoms with E-state index in [1.807, 2.05) is 36.4 Å². The van der Waals surface area contributed by atoms with Crippen LogP contribution >= 0.6 is 0 Å². The maximum absolute atomic E-state index is 12.2. The lowest BCUT2D eigenvalue weighted by molar-refractivity contribution is 0.0862. The fraction of sp³-hybridized carbons (Fsp3) is 0.500. The molecule has 0 aliphatic heterocycles. The van der Waals surface area contributed by atoms with Crippen LogP contribution in [0.1, 0.15) is 55.8 Å². The van der Waals surface area contributed by atoms with E-state index in [9.17, 15) is 4.79 Å². The van der Waals surface area contributed by atoms with Crippen LogP contribution in [0.4, 0.5) is 0 Å². The number of amides is 1. The van der Waals surface area contributed by atoms with Crippen molar-refractivity contribution in [2.75, 3.05) is 0 Å². The number of hydrogen-bond acceptors (Lipinski definition) is 2. The molecule has 0 radical (unpaired) electrons. The summed E-state index contributed by atoms with van der Waals surface area (Å²) >= 11 is 0. The van der Waals surface area contributed by atoms with Crippen LogP contribution in [-0.4, -0.2) is 11.4 Å². The van der Waals surface area contributed by atoms with Crippen LogP contribution < -0.4 is 10.9 Å². The molecule has 0 bridgehead atoms. The summed E-state index contributed by atoms with van der Waals surface area (Å²) in [6.45, 7) is 6.06. The summed E-state index contributed by atoms with van der Waals surface area (Å²) in [5.41, 5.74) is 6.74. The SMILES string of the molecule is C=CC[C@@](C)(NNC(=O)c1ccccc1)C1CCCCC1. The van der Waals surface area contributed by atoms with Crippen molar-refractivity contribution in [3.63, 3.8) is 0 Å². The lowest BCUT2D eigenvalue weighted by Crippen LogP contribution is -2.56. The Morgan fingerprint density at radius 2 is 1.95 bits per heavy atom. The zero-order valence-electron chi connectivity index (χ0n) is 12.9. The van der Waals surface area contributed by atoms with E-state index >= 15 is 0 Å². The minimum atomic E-state index is -0.118. The first-order chi connectivity index (χ1) is 10.2. The molecule has 0 unspecified atom stereocenters. The number of rotatable bonds is 6. The third kappa shape index (κ3) is 4.18. The zero-order valence-corrected chi connectivity index (χ0v) is 12.9. The van der Waals surface area contributed by atoms with Crippen LogP contribution in [0.2, 0.25) is 0 Å². The minimum Gasteiger partial charge on any atom is -0.287 e. The predicted octanol–water partition coefficient (Wildman–Crippen LogP) is 3.84. The molecule has 2 rings (SSSR count). The number of carbonyl (C=O) groups excluding carboxylic acids is 1. The topological polar surface area (TPSA) is 41.1 Å². The van der Waals surface area contributed by atoms with Gasteiger partial charge < -0.3 is 0 Å². The normalized spacial score (nSPS) is 18.7. The van der Waals surface area contributed by atoms with Crippen molar-refractivity contribution in [2.24, 2.45) is 5.92 Å². The van der Waals surface area contributed by atoms with Gasteiger partial charge in [-0.1, -0.05) is 43.5 Å². The Labute approximate surface area is 127 Å². The highest BCUT2D eigenvalue weighted by Gasteiger charge is 2.34. The summed E-state index contributed by atoms with van der Waals surface area (Å²) in [6, 6.07) is 9.30. The van der Waals surface area contributed by atoms with Crippen molar-refractivity contribution in [2.45, 2.75) is 51.0 Å². The van der Waals surface area contributed by atoms with Gasteiger partial charge in [0.25, 0.3) is 5.91 Å². The molecule has 1 atom stereocenters. The predicted molar refractivity (Wildman–Crippen MR) is 86.8 cm³/mol. The molecule has 1 aliphatic rings. The van der Waals surface area contributed by atoms with Gasteiger partial charge in [-0.25, -0.2) is 5.43 Å². The molecule has 1 saturated carbocycles. The van der Waals surface area contributed by atoms with Crippen molar-refractivity contribution in [3.05, 3.63) is 48.6 Å². The summed E-state index contributed by atoms with van der Waals surface area (Å²) < 4.78 is 0. The third-order valence-corrected chi connectivity index (χ3v) is 4.57. The van der Waals surface area contributed by atoms with E-state index in [-0.39, 0.29) is 11.4 Å². The third-order valence-electron chi connectivity index (χ3n) is 4.57. The van der Waals surface area contributed by atoms with Crippen molar-refractivity contribution in [1.82, 2.24) is 10.9 Å². The Morgan fingerprint density at radius 3 is 2.57 bits per heavy atom. The number of nitrogens with one attached hydrogen (secondary N) is 2. The zero-order chi connectivity index (χ0) is 15.1. The lowest BCUT2D eigenvalue weighted by Gasteiger charge is -2.40. The van der Waals surface area contributed by atoms with Gasteiger partial charge in [0.1, 0.15) is 0 Å². The molecule has 1 amide bonds. The van der Waals surface area contributed by atoms with Gasteiger partial charge in [0.05, 0.1) is 0 Å². The molecule has 1 aliphatic carbocycles. The molecule has 1 fully saturated rings. The van der Waals surface area contributed by atoms with Gasteiger partial charge >= 0.3 is 0 Å². The molecule has 3 heteroatoms. The van der Waals surface area contributed by atoms with Crippen molar-refractivity contribution in [1.29, 1.82) is 0 Å². The van der Waals surface area contributed by atoms with Crippen LogP contribution in [0, 0.1) is 5.92 Å². The smallest absolute Gasteiger partial charge is 0.265 e. The average molecular weight is 286 g/mol. The van der Waals surface area contributed by atoms with E-state index in [1.165, 1.54) is 32.1 Å². The van der Waals surface area contributed by atoms with E-state index in [2.05, 4.69) is 24.4 Å². The largest absolute Gasteiger partial charge is 0.287 e. The van der Waals surface area contributed by atoms with Gasteiger partial charge in [0.15, 0.2) is 0 Å². The van der Waals surface area contributed by atoms with Gasteiger partial charge in [-0.15, -0.1) is 6.58 Å². The van der Waals surface area contributed by atoms with Crippen LogP contribution in [0.3, 0.4) is 0 Å². The number of carbonyl (C=O) groups is 1. The standard InChI is InChI=1S/C18H26N2O/c1-3-14-18(2,16-12-8-5-9-13-16)20-19-17(21)15-10-6-4-7-11-15/h3-4,6-7,10-11,16,20H,1,5,8-9,12-14H2,2H3,(H,19,21)/t18-/m1/s1. The molecule has 0 saturated heterocycles. The molecule has 114 valence electrons. The van der Waals surface area contributed by atoms with E-state index in [0.717, 1.165) is 6.42 Å². The average Bonchev–Trinajstić information content (AvgIpc) is 2.54. The van der Waals surface area contributed by atoms with Crippen molar-refractivity contribution < 1.29 is 4.79 Å². The summed E-state index contributed by atoms with van der Waals surface area (Å²) in [5.74, 6) is 0.502. The molecular formula is C18H26N2O. The highest BCUT2D eigenvalue weighted by molar-refractivity contribution is 5.93. The summed E-state index contributed by atoms with van der Waals surface area (Å²) in [4.78, 5) is 12.2. The van der Waals surface area contributed by atoms with Crippen LogP contribution in [0.25, 0.3) is 0 Å². The highest BCUT2D eigenvalue weighted by Crippen LogP contribution is 2.34. The molecule has 21 heavy (non-hydrogen) atoms. The first kappa shape index (κ1) is 15.8. The fourth-order valence-electron chi connectivity index (χ4n) is 3.22. The Bertz CT molecular complexity index is 465. The fourth-order valence-corrected chi connectivity index (χ4v) is 3.22. The van der Waals surface area contributed by atoms with Gasteiger partial charge in [-0.2, -0.15) is 0 Å². The van der Waals surface area contributed by atoms with Crippen LogP contribution in [-0.2, 0) is 0 Å². The van der Waals surface area contributed by atoms with E-state index in [0.29, 0.717) is 11.5 Å². The molecule has 2 N–H and O–H groups in total. The van der Waals surface area contributed by atoms with Gasteiger partial charge in [0, 0.05) is 11.1 Å². The van der Waals surface area contributed by atoms with Crippen LogP contribution in [0.15, 0.2) is 43.0 Å². The molecule has 0 spiro atoms. The van der Waals surface area contributed by atoms with Gasteiger partial charge in [0.2, 0.25) is 0 Å². The summed E-state index contributed by atoms with van der Waals surface area (Å²) in [7, 11) is 0. The monoisotopic (exact) mass is 286 g/mol. The Hall–Kier alpha value is -1.61.